The van der Waals surface area contributed by atoms with E-state index >= 15 is 0 Å². The topological polar surface area (TPSA) is 47.6 Å². The highest BCUT2D eigenvalue weighted by Gasteiger charge is 2.22. The lowest BCUT2D eigenvalue weighted by molar-refractivity contribution is 0.0607. The first-order valence-corrected chi connectivity index (χ1v) is 5.79. The van der Waals surface area contributed by atoms with Crippen molar-refractivity contribution >= 4 is 17.4 Å². The van der Waals surface area contributed by atoms with Crippen LogP contribution in [0.5, 0.6) is 5.75 Å². The van der Waals surface area contributed by atoms with E-state index in [0.717, 1.165) is 0 Å². The third-order valence-electron chi connectivity index (χ3n) is 2.67. The minimum atomic E-state index is -0.284. The Morgan fingerprint density at radius 2 is 2.41 bits per heavy atom. The van der Waals surface area contributed by atoms with Gasteiger partial charge in [-0.05, 0) is 18.2 Å². The van der Waals surface area contributed by atoms with Crippen molar-refractivity contribution in [1.29, 1.82) is 0 Å². The molecule has 1 heterocycles. The number of halogens is 1. The number of benzene rings is 1. The number of Topliss-reactive ketones (excluding diaryl/α,β-unsaturated/α-hetero) is 1. The van der Waals surface area contributed by atoms with E-state index in [9.17, 15) is 4.79 Å². The molecule has 0 spiro atoms. The average Bonchev–Trinajstić information content (AvgIpc) is 2.39. The van der Waals surface area contributed by atoms with Crippen molar-refractivity contribution in [2.75, 3.05) is 26.9 Å². The van der Waals surface area contributed by atoms with Gasteiger partial charge in [0.15, 0.2) is 5.78 Å². The number of rotatable bonds is 3. The molecule has 5 heteroatoms. The van der Waals surface area contributed by atoms with Crippen LogP contribution in [0.3, 0.4) is 0 Å². The standard InChI is InChI=1S/C12H14ClNO3/c1-16-11-3-2-8(6-9(11)13)12(15)10-7-17-5-4-14-10/h2-3,6,10,14H,4-5,7H2,1H3. The first-order valence-electron chi connectivity index (χ1n) is 5.41. The summed E-state index contributed by atoms with van der Waals surface area (Å²) in [7, 11) is 1.54. The maximum absolute atomic E-state index is 12.1. The Labute approximate surface area is 105 Å². The van der Waals surface area contributed by atoms with Crippen molar-refractivity contribution in [3.8, 4) is 5.75 Å². The van der Waals surface area contributed by atoms with Gasteiger partial charge in [-0.1, -0.05) is 11.6 Å². The van der Waals surface area contributed by atoms with Gasteiger partial charge in [-0.15, -0.1) is 0 Å². The SMILES string of the molecule is COc1ccc(C(=O)C2COCCN2)cc1Cl. The molecule has 0 saturated carbocycles. The predicted molar refractivity (Wildman–Crippen MR) is 64.9 cm³/mol. The van der Waals surface area contributed by atoms with Gasteiger partial charge >= 0.3 is 0 Å². The van der Waals surface area contributed by atoms with E-state index in [4.69, 9.17) is 21.1 Å². The number of hydrogen-bond acceptors (Lipinski definition) is 4. The Morgan fingerprint density at radius 3 is 3.00 bits per heavy atom. The number of morpholine rings is 1. The Morgan fingerprint density at radius 1 is 1.59 bits per heavy atom. The van der Waals surface area contributed by atoms with Gasteiger partial charge < -0.3 is 14.8 Å². The van der Waals surface area contributed by atoms with Crippen LogP contribution in [0.25, 0.3) is 0 Å². The van der Waals surface area contributed by atoms with Crippen molar-refractivity contribution in [3.05, 3.63) is 28.8 Å². The second kappa shape index (κ2) is 5.49. The summed E-state index contributed by atoms with van der Waals surface area (Å²) in [5.41, 5.74) is 0.568. The van der Waals surface area contributed by atoms with Crippen LogP contribution in [-0.4, -0.2) is 38.7 Å². The fourth-order valence-corrected chi connectivity index (χ4v) is 2.01. The third-order valence-corrected chi connectivity index (χ3v) is 2.97. The second-order valence-electron chi connectivity index (χ2n) is 3.80. The lowest BCUT2D eigenvalue weighted by Crippen LogP contribution is -2.46. The molecule has 0 aromatic heterocycles. The van der Waals surface area contributed by atoms with Crippen molar-refractivity contribution in [3.63, 3.8) is 0 Å². The quantitative estimate of drug-likeness (QED) is 0.832. The molecule has 0 aliphatic carbocycles. The van der Waals surface area contributed by atoms with Crippen LogP contribution in [0, 0.1) is 0 Å². The fraction of sp³-hybridized carbons (Fsp3) is 0.417. The molecule has 1 aromatic rings. The molecule has 1 atom stereocenters. The maximum atomic E-state index is 12.1. The minimum absolute atomic E-state index is 0.00532. The van der Waals surface area contributed by atoms with Crippen molar-refractivity contribution in [1.82, 2.24) is 5.32 Å². The van der Waals surface area contributed by atoms with Gasteiger partial charge in [0.1, 0.15) is 5.75 Å². The summed E-state index contributed by atoms with van der Waals surface area (Å²) in [6.45, 7) is 1.75. The van der Waals surface area contributed by atoms with Crippen LogP contribution in [-0.2, 0) is 4.74 Å². The van der Waals surface area contributed by atoms with E-state index in [1.165, 1.54) is 0 Å². The smallest absolute Gasteiger partial charge is 0.182 e. The van der Waals surface area contributed by atoms with Crippen LogP contribution in [0.4, 0.5) is 0 Å². The number of hydrogen-bond donors (Lipinski definition) is 1. The summed E-state index contributed by atoms with van der Waals surface area (Å²) >= 11 is 5.98. The normalized spacial score (nSPS) is 20.0. The number of methoxy groups -OCH3 is 1. The van der Waals surface area contributed by atoms with Crippen LogP contribution >= 0.6 is 11.6 Å². The fourth-order valence-electron chi connectivity index (χ4n) is 1.75. The molecule has 4 nitrogen and oxygen atoms in total. The largest absolute Gasteiger partial charge is 0.495 e. The monoisotopic (exact) mass is 255 g/mol. The minimum Gasteiger partial charge on any atom is -0.495 e. The first kappa shape index (κ1) is 12.4. The molecule has 0 radical (unpaired) electrons. The summed E-state index contributed by atoms with van der Waals surface area (Å²) in [5.74, 6) is 0.560. The predicted octanol–water partition coefficient (Wildman–Crippen LogP) is 1.52. The second-order valence-corrected chi connectivity index (χ2v) is 4.20. The highest BCUT2D eigenvalue weighted by Crippen LogP contribution is 2.25. The summed E-state index contributed by atoms with van der Waals surface area (Å²) in [5, 5.41) is 3.56. The molecule has 1 N–H and O–H groups in total. The highest BCUT2D eigenvalue weighted by molar-refractivity contribution is 6.32. The first-order chi connectivity index (χ1) is 8.22. The molecular formula is C12H14ClNO3. The lowest BCUT2D eigenvalue weighted by atomic mass is 10.0. The molecule has 1 aromatic carbocycles. The van der Waals surface area contributed by atoms with E-state index in [1.807, 2.05) is 0 Å². The molecule has 17 heavy (non-hydrogen) atoms. The lowest BCUT2D eigenvalue weighted by Gasteiger charge is -2.22. The van der Waals surface area contributed by atoms with Crippen molar-refractivity contribution < 1.29 is 14.3 Å². The molecule has 0 amide bonds. The van der Waals surface area contributed by atoms with E-state index in [-0.39, 0.29) is 11.8 Å². The molecule has 92 valence electrons. The van der Waals surface area contributed by atoms with Crippen LogP contribution in [0.1, 0.15) is 10.4 Å². The zero-order chi connectivity index (χ0) is 12.3. The van der Waals surface area contributed by atoms with Crippen LogP contribution in [0.15, 0.2) is 18.2 Å². The summed E-state index contributed by atoms with van der Waals surface area (Å²) in [6, 6.07) is 4.75. The zero-order valence-corrected chi connectivity index (χ0v) is 10.3. The van der Waals surface area contributed by atoms with E-state index < -0.39 is 0 Å². The number of carbonyl (C=O) groups excluding carboxylic acids is 1. The molecule has 1 unspecified atom stereocenters. The van der Waals surface area contributed by atoms with Gasteiger partial charge in [0.25, 0.3) is 0 Å². The molecule has 2 rings (SSSR count). The number of ketones is 1. The third kappa shape index (κ3) is 2.77. The van der Waals surface area contributed by atoms with E-state index in [0.29, 0.717) is 36.1 Å². The van der Waals surface area contributed by atoms with E-state index in [2.05, 4.69) is 5.32 Å². The number of nitrogens with one attached hydrogen (secondary N) is 1. The molecule has 1 aliphatic rings. The number of carbonyl (C=O) groups is 1. The van der Waals surface area contributed by atoms with Crippen LogP contribution in [0.2, 0.25) is 5.02 Å². The summed E-state index contributed by atoms with van der Waals surface area (Å²) in [4.78, 5) is 12.1. The average molecular weight is 256 g/mol. The molecule has 1 aliphatic heterocycles. The zero-order valence-electron chi connectivity index (χ0n) is 9.53. The van der Waals surface area contributed by atoms with Gasteiger partial charge in [-0.3, -0.25) is 4.79 Å². The van der Waals surface area contributed by atoms with E-state index in [1.54, 1.807) is 25.3 Å². The maximum Gasteiger partial charge on any atom is 0.182 e. The van der Waals surface area contributed by atoms with Gasteiger partial charge in [0, 0.05) is 12.1 Å². The van der Waals surface area contributed by atoms with Gasteiger partial charge in [0.05, 0.1) is 31.4 Å². The Hall–Kier alpha value is -1.10. The van der Waals surface area contributed by atoms with Crippen LogP contribution < -0.4 is 10.1 Å². The summed E-state index contributed by atoms with van der Waals surface area (Å²) < 4.78 is 10.3. The molecule has 1 saturated heterocycles. The van der Waals surface area contributed by atoms with Gasteiger partial charge in [-0.2, -0.15) is 0 Å². The Bertz CT molecular complexity index is 416. The Balaban J connectivity index is 2.16. The summed E-state index contributed by atoms with van der Waals surface area (Å²) in [6.07, 6.45) is 0. The molecule has 1 fully saturated rings. The molecule has 0 bridgehead atoms. The molecular weight excluding hydrogens is 242 g/mol. The Kier molecular flexibility index (Phi) is 3.99. The highest BCUT2D eigenvalue weighted by atomic mass is 35.5. The van der Waals surface area contributed by atoms with Crippen molar-refractivity contribution in [2.24, 2.45) is 0 Å². The number of ether oxygens (including phenoxy) is 2. The van der Waals surface area contributed by atoms with Crippen molar-refractivity contribution in [2.45, 2.75) is 6.04 Å². The van der Waals surface area contributed by atoms with Gasteiger partial charge in [-0.25, -0.2) is 0 Å². The van der Waals surface area contributed by atoms with Gasteiger partial charge in [0.2, 0.25) is 0 Å².